The van der Waals surface area contributed by atoms with Crippen LogP contribution in [0.5, 0.6) is 0 Å². The minimum Gasteiger partial charge on any atom is -0.465 e. The van der Waals surface area contributed by atoms with Gasteiger partial charge < -0.3 is 20.6 Å². The fraction of sp³-hybridized carbons (Fsp3) is 0.591. The molecule has 2 fully saturated rings. The molecule has 3 N–H and O–H groups in total. The molecule has 3 amide bonds. The van der Waals surface area contributed by atoms with E-state index < -0.39 is 6.09 Å². The van der Waals surface area contributed by atoms with Gasteiger partial charge in [0.1, 0.15) is 0 Å². The highest BCUT2D eigenvalue weighted by Gasteiger charge is 2.36. The number of benzene rings is 1. The van der Waals surface area contributed by atoms with Crippen molar-refractivity contribution in [2.24, 2.45) is 5.92 Å². The lowest BCUT2D eigenvalue weighted by Crippen LogP contribution is -2.39. The maximum atomic E-state index is 12.9. The molecule has 1 aromatic rings. The summed E-state index contributed by atoms with van der Waals surface area (Å²) in [6, 6.07) is 5.80. The summed E-state index contributed by atoms with van der Waals surface area (Å²) in [6.07, 6.45) is 6.99. The van der Waals surface area contributed by atoms with Crippen molar-refractivity contribution in [3.63, 3.8) is 0 Å². The third kappa shape index (κ3) is 6.11. The van der Waals surface area contributed by atoms with E-state index in [9.17, 15) is 14.4 Å². The molecule has 1 atom stereocenters. The number of hydrogen-bond acceptors (Lipinski definition) is 3. The molecule has 2 aliphatic rings. The molecule has 1 unspecified atom stereocenters. The maximum absolute atomic E-state index is 12.9. The lowest BCUT2D eigenvalue weighted by Gasteiger charge is -2.31. The van der Waals surface area contributed by atoms with E-state index >= 15 is 0 Å². The van der Waals surface area contributed by atoms with Crippen molar-refractivity contribution in [1.29, 1.82) is 0 Å². The van der Waals surface area contributed by atoms with Crippen LogP contribution in [-0.4, -0.2) is 47.0 Å². The Morgan fingerprint density at radius 1 is 1.17 bits per heavy atom. The highest BCUT2D eigenvalue weighted by atomic mass is 35.5. The van der Waals surface area contributed by atoms with Crippen LogP contribution in [0.25, 0.3) is 0 Å². The molecule has 0 spiro atoms. The average Bonchev–Trinajstić information content (AvgIpc) is 3.08. The van der Waals surface area contributed by atoms with Crippen molar-refractivity contribution in [2.75, 3.05) is 18.4 Å². The highest BCUT2D eigenvalue weighted by Crippen LogP contribution is 2.32. The molecule has 1 saturated carbocycles. The number of halogens is 1. The molecule has 0 bridgehead atoms. The minimum absolute atomic E-state index is 0.0217. The van der Waals surface area contributed by atoms with Gasteiger partial charge in [-0.15, -0.1) is 0 Å². The van der Waals surface area contributed by atoms with E-state index in [1.165, 1.54) is 19.3 Å². The summed E-state index contributed by atoms with van der Waals surface area (Å²) in [6.45, 7) is 1.08. The largest absolute Gasteiger partial charge is 0.465 e. The van der Waals surface area contributed by atoms with Crippen LogP contribution in [0.2, 0.25) is 5.02 Å². The van der Waals surface area contributed by atoms with E-state index in [0.717, 1.165) is 31.4 Å². The molecule has 3 rings (SSSR count). The normalized spacial score (nSPS) is 19.7. The summed E-state index contributed by atoms with van der Waals surface area (Å²) in [7, 11) is 0. The van der Waals surface area contributed by atoms with Gasteiger partial charge in [0.15, 0.2) is 0 Å². The van der Waals surface area contributed by atoms with Crippen LogP contribution in [0, 0.1) is 5.92 Å². The Balaban J connectivity index is 1.50. The van der Waals surface area contributed by atoms with E-state index in [-0.39, 0.29) is 30.7 Å². The molecular weight excluding hydrogens is 406 g/mol. The number of amides is 3. The molecule has 1 saturated heterocycles. The second kappa shape index (κ2) is 10.7. The van der Waals surface area contributed by atoms with Crippen molar-refractivity contribution in [2.45, 2.75) is 63.8 Å². The van der Waals surface area contributed by atoms with Crippen LogP contribution in [-0.2, 0) is 16.0 Å². The van der Waals surface area contributed by atoms with Gasteiger partial charge in [0, 0.05) is 42.2 Å². The van der Waals surface area contributed by atoms with E-state index in [1.54, 1.807) is 12.1 Å². The Hall–Kier alpha value is -2.28. The highest BCUT2D eigenvalue weighted by molar-refractivity contribution is 6.31. The third-order valence-corrected chi connectivity index (χ3v) is 6.38. The molecule has 164 valence electrons. The van der Waals surface area contributed by atoms with Gasteiger partial charge in [0.2, 0.25) is 11.8 Å². The van der Waals surface area contributed by atoms with E-state index in [2.05, 4.69) is 15.5 Å². The monoisotopic (exact) mass is 435 g/mol. The van der Waals surface area contributed by atoms with Crippen molar-refractivity contribution in [1.82, 2.24) is 10.2 Å². The van der Waals surface area contributed by atoms with Gasteiger partial charge in [0.25, 0.3) is 0 Å². The molecule has 1 aliphatic carbocycles. The number of anilines is 1. The number of likely N-dealkylation sites (tertiary alicyclic amines) is 1. The number of nitrogens with one attached hydrogen (secondary N) is 2. The SMILES string of the molecule is O=C(O)NCCCC(=O)Nc1ccc(CC2CCN(C3CCCCC3)C2=O)c(Cl)c1. The first-order valence-corrected chi connectivity index (χ1v) is 11.2. The Morgan fingerprint density at radius 2 is 1.93 bits per heavy atom. The lowest BCUT2D eigenvalue weighted by molar-refractivity contribution is -0.133. The smallest absolute Gasteiger partial charge is 0.404 e. The molecule has 30 heavy (non-hydrogen) atoms. The second-order valence-corrected chi connectivity index (χ2v) is 8.61. The zero-order valence-corrected chi connectivity index (χ0v) is 17.9. The van der Waals surface area contributed by atoms with Crippen LogP contribution < -0.4 is 10.6 Å². The number of nitrogens with zero attached hydrogens (tertiary/aromatic N) is 1. The molecule has 1 heterocycles. The molecule has 1 aliphatic heterocycles. The minimum atomic E-state index is -1.10. The van der Waals surface area contributed by atoms with E-state index in [0.29, 0.717) is 29.6 Å². The fourth-order valence-electron chi connectivity index (χ4n) is 4.43. The van der Waals surface area contributed by atoms with Crippen LogP contribution in [0.1, 0.15) is 56.9 Å². The average molecular weight is 436 g/mol. The summed E-state index contributed by atoms with van der Waals surface area (Å²) in [4.78, 5) is 37.4. The number of rotatable bonds is 8. The molecule has 0 aromatic heterocycles. The summed E-state index contributed by atoms with van der Waals surface area (Å²) in [5.74, 6) is 0.0389. The first-order valence-electron chi connectivity index (χ1n) is 10.8. The zero-order valence-electron chi connectivity index (χ0n) is 17.2. The van der Waals surface area contributed by atoms with Crippen molar-refractivity contribution in [3.05, 3.63) is 28.8 Å². The first-order chi connectivity index (χ1) is 14.4. The van der Waals surface area contributed by atoms with Gasteiger partial charge in [0.05, 0.1) is 0 Å². The van der Waals surface area contributed by atoms with Gasteiger partial charge in [-0.25, -0.2) is 4.79 Å². The van der Waals surface area contributed by atoms with Crippen molar-refractivity contribution in [3.8, 4) is 0 Å². The van der Waals surface area contributed by atoms with Gasteiger partial charge >= 0.3 is 6.09 Å². The van der Waals surface area contributed by atoms with Crippen molar-refractivity contribution < 1.29 is 19.5 Å². The van der Waals surface area contributed by atoms with Gasteiger partial charge in [-0.3, -0.25) is 9.59 Å². The number of carbonyl (C=O) groups excluding carboxylic acids is 2. The molecule has 7 nitrogen and oxygen atoms in total. The summed E-state index contributed by atoms with van der Waals surface area (Å²) in [5.41, 5.74) is 1.52. The van der Waals surface area contributed by atoms with Crippen LogP contribution in [0.4, 0.5) is 10.5 Å². The Labute approximate surface area is 182 Å². The lowest BCUT2D eigenvalue weighted by atomic mass is 9.94. The zero-order chi connectivity index (χ0) is 21.5. The van der Waals surface area contributed by atoms with Crippen molar-refractivity contribution >= 4 is 35.2 Å². The molecular formula is C22H30ClN3O4. The Morgan fingerprint density at radius 3 is 2.63 bits per heavy atom. The second-order valence-electron chi connectivity index (χ2n) is 8.20. The number of carbonyl (C=O) groups is 3. The topological polar surface area (TPSA) is 98.7 Å². The first kappa shape index (κ1) is 22.4. The standard InChI is InChI=1S/C22H30ClN3O4/c23-19-14-17(25-20(27)7-4-11-24-22(29)30)9-8-15(19)13-16-10-12-26(21(16)28)18-5-2-1-3-6-18/h8-9,14,16,18,24H,1-7,10-13H2,(H,25,27)(H,29,30). The van der Waals surface area contributed by atoms with E-state index in [4.69, 9.17) is 16.7 Å². The molecule has 8 heteroatoms. The summed E-state index contributed by atoms with van der Waals surface area (Å²) in [5, 5.41) is 14.1. The van der Waals surface area contributed by atoms with Gasteiger partial charge in [-0.05, 0) is 49.8 Å². The summed E-state index contributed by atoms with van der Waals surface area (Å²) < 4.78 is 0. The Bertz CT molecular complexity index is 780. The molecule has 1 aromatic carbocycles. The number of carboxylic acid groups (broad SMARTS) is 1. The van der Waals surface area contributed by atoms with Crippen LogP contribution >= 0.6 is 11.6 Å². The van der Waals surface area contributed by atoms with Gasteiger partial charge in [-0.1, -0.05) is 36.9 Å². The number of hydrogen-bond donors (Lipinski definition) is 3. The van der Waals surface area contributed by atoms with E-state index in [1.807, 2.05) is 6.07 Å². The maximum Gasteiger partial charge on any atom is 0.404 e. The summed E-state index contributed by atoms with van der Waals surface area (Å²) >= 11 is 6.43. The predicted octanol–water partition coefficient (Wildman–Crippen LogP) is 4.05. The molecule has 0 radical (unpaired) electrons. The van der Waals surface area contributed by atoms with Gasteiger partial charge in [-0.2, -0.15) is 0 Å². The quantitative estimate of drug-likeness (QED) is 0.536. The Kier molecular flexibility index (Phi) is 7.96. The fourth-order valence-corrected chi connectivity index (χ4v) is 4.69. The predicted molar refractivity (Wildman–Crippen MR) is 116 cm³/mol. The van der Waals surface area contributed by atoms with Crippen LogP contribution in [0.15, 0.2) is 18.2 Å². The third-order valence-electron chi connectivity index (χ3n) is 6.03. The van der Waals surface area contributed by atoms with Crippen LogP contribution in [0.3, 0.4) is 0 Å².